The Kier molecular flexibility index (Phi) is 4.90. The van der Waals surface area contributed by atoms with Gasteiger partial charge in [0.2, 0.25) is 0 Å². The van der Waals surface area contributed by atoms with E-state index in [-0.39, 0.29) is 0 Å². The number of nitrogen functional groups attached to an aromatic ring is 1. The van der Waals surface area contributed by atoms with Gasteiger partial charge in [-0.05, 0) is 6.42 Å². The topological polar surface area (TPSA) is 64.3 Å². The molecule has 0 aliphatic heterocycles. The lowest BCUT2D eigenvalue weighted by Crippen LogP contribution is -2.21. The maximum atomic E-state index is 5.89. The number of aromatic nitrogens is 2. The summed E-state index contributed by atoms with van der Waals surface area (Å²) >= 11 is 0. The molecule has 0 saturated heterocycles. The van der Waals surface area contributed by atoms with Crippen molar-refractivity contribution in [2.75, 3.05) is 37.9 Å². The average molecular weight is 272 g/mol. The molecule has 0 spiro atoms. The Balaban J connectivity index is 2.20. The van der Waals surface area contributed by atoms with E-state index in [1.165, 1.54) is 0 Å². The highest BCUT2D eigenvalue weighted by Crippen LogP contribution is 2.20. The van der Waals surface area contributed by atoms with Gasteiger partial charge in [0.15, 0.2) is 5.82 Å². The van der Waals surface area contributed by atoms with Crippen LogP contribution in [0.4, 0.5) is 11.6 Å². The summed E-state index contributed by atoms with van der Waals surface area (Å²) in [4.78, 5) is 10.9. The minimum absolute atomic E-state index is 0.479. The van der Waals surface area contributed by atoms with Crippen molar-refractivity contribution in [3.63, 3.8) is 0 Å². The second kappa shape index (κ2) is 6.86. The van der Waals surface area contributed by atoms with E-state index < -0.39 is 0 Å². The van der Waals surface area contributed by atoms with E-state index >= 15 is 0 Å². The third-order valence-electron chi connectivity index (χ3n) is 3.00. The van der Waals surface area contributed by atoms with E-state index in [9.17, 15) is 0 Å². The highest BCUT2D eigenvalue weighted by atomic mass is 16.5. The van der Waals surface area contributed by atoms with Gasteiger partial charge in [-0.2, -0.15) is 0 Å². The fourth-order valence-corrected chi connectivity index (χ4v) is 1.93. The van der Waals surface area contributed by atoms with E-state index in [4.69, 9.17) is 10.5 Å². The summed E-state index contributed by atoms with van der Waals surface area (Å²) in [5.41, 5.74) is 6.85. The molecule has 0 amide bonds. The summed E-state index contributed by atoms with van der Waals surface area (Å²) in [6.45, 7) is 1.59. The number of benzene rings is 1. The molecule has 5 heteroatoms. The van der Waals surface area contributed by atoms with E-state index in [0.29, 0.717) is 11.6 Å². The van der Waals surface area contributed by atoms with Gasteiger partial charge in [0.25, 0.3) is 0 Å². The van der Waals surface area contributed by atoms with Crippen molar-refractivity contribution in [2.24, 2.45) is 0 Å². The first-order valence-corrected chi connectivity index (χ1v) is 6.61. The highest BCUT2D eigenvalue weighted by molar-refractivity contribution is 5.60. The van der Waals surface area contributed by atoms with Crippen LogP contribution < -0.4 is 10.6 Å². The largest absolute Gasteiger partial charge is 0.385 e. The minimum atomic E-state index is 0.479. The van der Waals surface area contributed by atoms with Gasteiger partial charge in [0.05, 0.1) is 0 Å². The summed E-state index contributed by atoms with van der Waals surface area (Å²) < 4.78 is 5.06. The Morgan fingerprint density at radius 3 is 2.65 bits per heavy atom. The molecule has 20 heavy (non-hydrogen) atoms. The second-order valence-electron chi connectivity index (χ2n) is 4.61. The molecular formula is C15H20N4O. The van der Waals surface area contributed by atoms with Crippen LogP contribution in [-0.2, 0) is 4.74 Å². The zero-order valence-electron chi connectivity index (χ0n) is 11.9. The number of nitrogens with two attached hydrogens (primary N) is 1. The first kappa shape index (κ1) is 14.3. The molecule has 106 valence electrons. The molecule has 0 aliphatic carbocycles. The van der Waals surface area contributed by atoms with Gasteiger partial charge in [0, 0.05) is 38.9 Å². The van der Waals surface area contributed by atoms with Crippen LogP contribution in [0.3, 0.4) is 0 Å². The molecule has 1 heterocycles. The monoisotopic (exact) mass is 272 g/mol. The van der Waals surface area contributed by atoms with Crippen molar-refractivity contribution in [3.8, 4) is 11.4 Å². The van der Waals surface area contributed by atoms with Crippen LogP contribution in [0.5, 0.6) is 0 Å². The lowest BCUT2D eigenvalue weighted by atomic mass is 10.2. The van der Waals surface area contributed by atoms with Crippen LogP contribution in [0, 0.1) is 0 Å². The Bertz CT molecular complexity index is 545. The molecule has 0 radical (unpaired) electrons. The first-order valence-electron chi connectivity index (χ1n) is 6.61. The highest BCUT2D eigenvalue weighted by Gasteiger charge is 2.08. The van der Waals surface area contributed by atoms with Crippen molar-refractivity contribution in [1.82, 2.24) is 9.97 Å². The molecule has 0 bridgehead atoms. The Labute approximate surface area is 119 Å². The predicted molar refractivity (Wildman–Crippen MR) is 81.6 cm³/mol. The van der Waals surface area contributed by atoms with Crippen molar-refractivity contribution < 1.29 is 4.74 Å². The van der Waals surface area contributed by atoms with Crippen LogP contribution in [0.25, 0.3) is 11.4 Å². The van der Waals surface area contributed by atoms with E-state index in [0.717, 1.165) is 31.0 Å². The third kappa shape index (κ3) is 3.68. The van der Waals surface area contributed by atoms with Crippen molar-refractivity contribution in [1.29, 1.82) is 0 Å². The number of hydrogen-bond acceptors (Lipinski definition) is 5. The maximum Gasteiger partial charge on any atom is 0.163 e. The number of ether oxygens (including phenoxy) is 1. The fourth-order valence-electron chi connectivity index (χ4n) is 1.93. The number of anilines is 2. The van der Waals surface area contributed by atoms with Gasteiger partial charge in [-0.15, -0.1) is 0 Å². The van der Waals surface area contributed by atoms with E-state index in [1.807, 2.05) is 37.4 Å². The number of methoxy groups -OCH3 is 1. The lowest BCUT2D eigenvalue weighted by Gasteiger charge is -2.18. The van der Waals surface area contributed by atoms with Gasteiger partial charge < -0.3 is 15.4 Å². The number of nitrogens with zero attached hydrogens (tertiary/aromatic N) is 3. The van der Waals surface area contributed by atoms with Gasteiger partial charge in [-0.25, -0.2) is 9.97 Å². The summed E-state index contributed by atoms with van der Waals surface area (Å²) in [6.07, 6.45) is 0.942. The molecule has 1 aromatic heterocycles. The molecule has 0 aliphatic rings. The molecule has 1 aromatic carbocycles. The standard InChI is InChI=1S/C15H20N4O/c1-19(9-6-10-20-2)14-11-13(16)17-15(18-14)12-7-4-3-5-8-12/h3-5,7-8,11H,6,9-10H2,1-2H3,(H2,16,17,18). The quantitative estimate of drug-likeness (QED) is 0.817. The number of rotatable bonds is 6. The van der Waals surface area contributed by atoms with Gasteiger partial charge >= 0.3 is 0 Å². The summed E-state index contributed by atoms with van der Waals surface area (Å²) in [5, 5.41) is 0. The smallest absolute Gasteiger partial charge is 0.163 e. The average Bonchev–Trinajstić information content (AvgIpc) is 2.47. The maximum absolute atomic E-state index is 5.89. The Morgan fingerprint density at radius 2 is 1.95 bits per heavy atom. The van der Waals surface area contributed by atoms with E-state index in [2.05, 4.69) is 14.9 Å². The van der Waals surface area contributed by atoms with E-state index in [1.54, 1.807) is 13.2 Å². The normalized spacial score (nSPS) is 10.5. The summed E-state index contributed by atoms with van der Waals surface area (Å²) in [6, 6.07) is 11.6. The molecule has 2 aromatic rings. The van der Waals surface area contributed by atoms with Crippen molar-refractivity contribution in [2.45, 2.75) is 6.42 Å². The van der Waals surface area contributed by atoms with Gasteiger partial charge in [0.1, 0.15) is 11.6 Å². The SMILES string of the molecule is COCCCN(C)c1cc(N)nc(-c2ccccc2)n1. The molecule has 0 unspecified atom stereocenters. The lowest BCUT2D eigenvalue weighted by molar-refractivity contribution is 0.196. The fraction of sp³-hybridized carbons (Fsp3) is 0.333. The second-order valence-corrected chi connectivity index (χ2v) is 4.61. The molecule has 5 nitrogen and oxygen atoms in total. The number of hydrogen-bond donors (Lipinski definition) is 1. The third-order valence-corrected chi connectivity index (χ3v) is 3.00. The molecule has 0 saturated carbocycles. The molecule has 0 atom stereocenters. The zero-order valence-corrected chi connectivity index (χ0v) is 11.9. The van der Waals surface area contributed by atoms with Crippen LogP contribution in [0.2, 0.25) is 0 Å². The Morgan fingerprint density at radius 1 is 1.20 bits per heavy atom. The van der Waals surface area contributed by atoms with Crippen LogP contribution in [0.15, 0.2) is 36.4 Å². The van der Waals surface area contributed by atoms with Crippen LogP contribution in [0.1, 0.15) is 6.42 Å². The van der Waals surface area contributed by atoms with Crippen LogP contribution in [-0.4, -0.2) is 37.3 Å². The molecular weight excluding hydrogens is 252 g/mol. The van der Waals surface area contributed by atoms with Gasteiger partial charge in [-0.3, -0.25) is 0 Å². The van der Waals surface area contributed by atoms with Crippen LogP contribution >= 0.6 is 0 Å². The predicted octanol–water partition coefficient (Wildman–Crippen LogP) is 2.20. The zero-order chi connectivity index (χ0) is 14.4. The van der Waals surface area contributed by atoms with Gasteiger partial charge in [-0.1, -0.05) is 30.3 Å². The van der Waals surface area contributed by atoms with Crippen molar-refractivity contribution in [3.05, 3.63) is 36.4 Å². The minimum Gasteiger partial charge on any atom is -0.385 e. The summed E-state index contributed by atoms with van der Waals surface area (Å²) in [5.74, 6) is 1.96. The molecule has 2 N–H and O–H groups in total. The van der Waals surface area contributed by atoms with Crippen molar-refractivity contribution >= 4 is 11.6 Å². The summed E-state index contributed by atoms with van der Waals surface area (Å²) in [7, 11) is 3.70. The Hall–Kier alpha value is -2.14. The molecule has 2 rings (SSSR count). The first-order chi connectivity index (χ1) is 9.70. The molecule has 0 fully saturated rings.